The Morgan fingerprint density at radius 1 is 1.13 bits per heavy atom. The van der Waals surface area contributed by atoms with Crippen molar-refractivity contribution in [1.29, 1.82) is 0 Å². The van der Waals surface area contributed by atoms with Crippen LogP contribution in [0.4, 0.5) is 0 Å². The maximum Gasteiger partial charge on any atom is 0.254 e. The van der Waals surface area contributed by atoms with Gasteiger partial charge in [0.2, 0.25) is 0 Å². The number of nitrogens with zero attached hydrogens (tertiary/aromatic N) is 1. The lowest BCUT2D eigenvalue weighted by atomic mass is 10.0. The van der Waals surface area contributed by atoms with Crippen LogP contribution in [0.3, 0.4) is 0 Å². The first-order chi connectivity index (χ1) is 10.7. The molecule has 3 nitrogen and oxygen atoms in total. The average Bonchev–Trinajstić information content (AvgIpc) is 2.92. The number of carbonyl (C=O) groups excluding carboxylic acids is 1. The topological polar surface area (TPSA) is 32.3 Å². The highest BCUT2D eigenvalue weighted by Gasteiger charge is 2.25. The van der Waals surface area contributed by atoms with Gasteiger partial charge in [0.15, 0.2) is 0 Å². The number of rotatable bonds is 1. The van der Waals surface area contributed by atoms with Crippen molar-refractivity contribution in [2.45, 2.75) is 19.4 Å². The summed E-state index contributed by atoms with van der Waals surface area (Å²) in [6.45, 7) is 4.65. The van der Waals surface area contributed by atoms with Gasteiger partial charge >= 0.3 is 0 Å². The molecular weight excluding hydrogens is 308 g/mol. The van der Waals surface area contributed by atoms with Gasteiger partial charge in [-0.2, -0.15) is 0 Å². The highest BCUT2D eigenvalue weighted by Crippen LogP contribution is 2.36. The molecule has 120 valence electrons. The van der Waals surface area contributed by atoms with Crippen LogP contribution in [0.15, 0.2) is 42.5 Å². The summed E-state index contributed by atoms with van der Waals surface area (Å²) in [6, 6.07) is 14.9. The van der Waals surface area contributed by atoms with Crippen molar-refractivity contribution in [2.75, 3.05) is 19.6 Å². The minimum atomic E-state index is 0. The molecule has 4 rings (SSSR count). The van der Waals surface area contributed by atoms with E-state index in [2.05, 4.69) is 48.6 Å². The highest BCUT2D eigenvalue weighted by molar-refractivity contribution is 5.96. The van der Waals surface area contributed by atoms with E-state index < -0.39 is 0 Å². The van der Waals surface area contributed by atoms with Gasteiger partial charge in [0, 0.05) is 31.2 Å². The highest BCUT2D eigenvalue weighted by atomic mass is 35.5. The van der Waals surface area contributed by atoms with Crippen molar-refractivity contribution in [3.05, 3.63) is 59.2 Å². The quantitative estimate of drug-likeness (QED) is 0.744. The fourth-order valence-corrected chi connectivity index (χ4v) is 3.59. The Hall–Kier alpha value is -1.84. The van der Waals surface area contributed by atoms with Crippen molar-refractivity contribution in [1.82, 2.24) is 10.2 Å². The lowest BCUT2D eigenvalue weighted by Gasteiger charge is -2.34. The summed E-state index contributed by atoms with van der Waals surface area (Å²) in [5, 5.41) is 3.33. The van der Waals surface area contributed by atoms with Gasteiger partial charge in [-0.15, -0.1) is 12.4 Å². The number of halogens is 1. The van der Waals surface area contributed by atoms with Crippen LogP contribution in [0, 0.1) is 0 Å². The third-order valence-electron chi connectivity index (χ3n) is 4.80. The lowest BCUT2D eigenvalue weighted by Crippen LogP contribution is -2.52. The number of hydrogen-bond acceptors (Lipinski definition) is 2. The van der Waals surface area contributed by atoms with Crippen LogP contribution in [0.1, 0.15) is 28.4 Å². The van der Waals surface area contributed by atoms with Gasteiger partial charge in [0.05, 0.1) is 0 Å². The molecule has 2 aromatic carbocycles. The van der Waals surface area contributed by atoms with Gasteiger partial charge in [0.1, 0.15) is 0 Å². The van der Waals surface area contributed by atoms with E-state index in [1.54, 1.807) is 0 Å². The van der Waals surface area contributed by atoms with Gasteiger partial charge < -0.3 is 10.2 Å². The molecule has 1 N–H and O–H groups in total. The number of nitrogens with one attached hydrogen (secondary N) is 1. The molecule has 1 saturated heterocycles. The Labute approximate surface area is 143 Å². The second kappa shape index (κ2) is 6.34. The second-order valence-electron chi connectivity index (χ2n) is 6.26. The monoisotopic (exact) mass is 328 g/mol. The first-order valence-corrected chi connectivity index (χ1v) is 7.97. The van der Waals surface area contributed by atoms with Gasteiger partial charge in [0.25, 0.3) is 5.91 Å². The maximum atomic E-state index is 12.8. The predicted molar refractivity (Wildman–Crippen MR) is 95.3 cm³/mol. The Morgan fingerprint density at radius 3 is 2.74 bits per heavy atom. The molecule has 1 aliphatic heterocycles. The summed E-state index contributed by atoms with van der Waals surface area (Å²) < 4.78 is 0. The molecule has 2 aliphatic rings. The molecule has 0 spiro atoms. The summed E-state index contributed by atoms with van der Waals surface area (Å²) in [7, 11) is 0. The smallest absolute Gasteiger partial charge is 0.254 e. The summed E-state index contributed by atoms with van der Waals surface area (Å²) in [6.07, 6.45) is 0.934. The summed E-state index contributed by atoms with van der Waals surface area (Å²) >= 11 is 0. The van der Waals surface area contributed by atoms with Gasteiger partial charge in [-0.1, -0.05) is 30.3 Å². The van der Waals surface area contributed by atoms with E-state index in [4.69, 9.17) is 0 Å². The fourth-order valence-electron chi connectivity index (χ4n) is 3.59. The standard InChI is InChI=1S/C19H20N2O.ClH/c1-13-12-20-8-9-21(13)19(22)15-6-7-18-16(11-15)10-14-4-2-3-5-17(14)18;/h2-7,11,13,20H,8-10,12H2,1H3;1H/t13-;/m0./s1. The fraction of sp³-hybridized carbons (Fsp3) is 0.316. The van der Waals surface area contributed by atoms with E-state index >= 15 is 0 Å². The zero-order chi connectivity index (χ0) is 15.1. The van der Waals surface area contributed by atoms with E-state index in [0.717, 1.165) is 31.6 Å². The number of hydrogen-bond donors (Lipinski definition) is 1. The molecule has 0 saturated carbocycles. The van der Waals surface area contributed by atoms with Gasteiger partial charge in [-0.3, -0.25) is 4.79 Å². The van der Waals surface area contributed by atoms with Crippen LogP contribution in [0.5, 0.6) is 0 Å². The van der Waals surface area contributed by atoms with Crippen molar-refractivity contribution in [3.8, 4) is 11.1 Å². The largest absolute Gasteiger partial charge is 0.333 e. The SMILES string of the molecule is C[C@H]1CNCCN1C(=O)c1ccc2c(c1)Cc1ccccc1-2.Cl. The Kier molecular flexibility index (Phi) is 4.42. The van der Waals surface area contributed by atoms with Crippen LogP contribution >= 0.6 is 12.4 Å². The molecule has 4 heteroatoms. The second-order valence-corrected chi connectivity index (χ2v) is 6.26. The van der Waals surface area contributed by atoms with Gasteiger partial charge in [-0.25, -0.2) is 0 Å². The van der Waals surface area contributed by atoms with Crippen LogP contribution in [0.2, 0.25) is 0 Å². The zero-order valence-corrected chi connectivity index (χ0v) is 14.0. The molecule has 0 bridgehead atoms. The van der Waals surface area contributed by atoms with Crippen molar-refractivity contribution < 1.29 is 4.79 Å². The predicted octanol–water partition coefficient (Wildman–Crippen LogP) is 3.11. The number of amides is 1. The van der Waals surface area contributed by atoms with Crippen molar-refractivity contribution in [3.63, 3.8) is 0 Å². The Morgan fingerprint density at radius 2 is 1.91 bits per heavy atom. The zero-order valence-electron chi connectivity index (χ0n) is 13.2. The number of fused-ring (bicyclic) bond motifs is 3. The maximum absolute atomic E-state index is 12.8. The van der Waals surface area contributed by atoms with Crippen LogP contribution in [-0.4, -0.2) is 36.5 Å². The average molecular weight is 329 g/mol. The van der Waals surface area contributed by atoms with Crippen LogP contribution in [0.25, 0.3) is 11.1 Å². The Balaban J connectivity index is 0.00000156. The van der Waals surface area contributed by atoms with E-state index in [1.165, 1.54) is 22.3 Å². The molecule has 2 aromatic rings. The van der Waals surface area contributed by atoms with E-state index in [-0.39, 0.29) is 24.4 Å². The number of benzene rings is 2. The molecule has 1 amide bonds. The molecule has 1 atom stereocenters. The van der Waals surface area contributed by atoms with E-state index in [0.29, 0.717) is 0 Å². The summed E-state index contributed by atoms with van der Waals surface area (Å²) in [5.41, 5.74) is 6.04. The lowest BCUT2D eigenvalue weighted by molar-refractivity contribution is 0.0655. The summed E-state index contributed by atoms with van der Waals surface area (Å²) in [4.78, 5) is 14.8. The number of piperazine rings is 1. The Bertz CT molecular complexity index is 744. The van der Waals surface area contributed by atoms with E-state index in [1.807, 2.05) is 11.0 Å². The minimum Gasteiger partial charge on any atom is -0.333 e. The van der Waals surface area contributed by atoms with Crippen molar-refractivity contribution >= 4 is 18.3 Å². The molecular formula is C19H21ClN2O. The normalized spacial score (nSPS) is 18.8. The first kappa shape index (κ1) is 16.0. The van der Waals surface area contributed by atoms with Crippen LogP contribution < -0.4 is 5.32 Å². The molecule has 0 radical (unpaired) electrons. The molecule has 0 aromatic heterocycles. The minimum absolute atomic E-state index is 0. The van der Waals surface area contributed by atoms with Crippen molar-refractivity contribution in [2.24, 2.45) is 0 Å². The summed E-state index contributed by atoms with van der Waals surface area (Å²) in [5.74, 6) is 0.160. The first-order valence-electron chi connectivity index (χ1n) is 7.97. The molecule has 1 heterocycles. The molecule has 1 fully saturated rings. The third-order valence-corrected chi connectivity index (χ3v) is 4.80. The number of carbonyl (C=O) groups is 1. The van der Waals surface area contributed by atoms with Crippen LogP contribution in [-0.2, 0) is 6.42 Å². The third kappa shape index (κ3) is 2.75. The van der Waals surface area contributed by atoms with E-state index in [9.17, 15) is 4.79 Å². The molecule has 1 aliphatic carbocycles. The molecule has 0 unspecified atom stereocenters. The molecule has 23 heavy (non-hydrogen) atoms. The van der Waals surface area contributed by atoms with Gasteiger partial charge in [-0.05, 0) is 47.7 Å².